The first-order chi connectivity index (χ1) is 14.0. The highest BCUT2D eigenvalue weighted by Gasteiger charge is 2.28. The number of fused-ring (bicyclic) bond motifs is 2. The van der Waals surface area contributed by atoms with Gasteiger partial charge in [-0.15, -0.1) is 0 Å². The molecule has 6 nitrogen and oxygen atoms in total. The van der Waals surface area contributed by atoms with Crippen LogP contribution in [0, 0.1) is 0 Å². The number of hydrogen-bond acceptors (Lipinski definition) is 6. The van der Waals surface area contributed by atoms with Crippen LogP contribution in [0.3, 0.4) is 0 Å². The number of para-hydroxylation sites is 1. The Morgan fingerprint density at radius 3 is 2.97 bits per heavy atom. The van der Waals surface area contributed by atoms with Crippen molar-refractivity contribution in [2.24, 2.45) is 4.99 Å². The van der Waals surface area contributed by atoms with Gasteiger partial charge in [-0.05, 0) is 44.2 Å². The maximum absolute atomic E-state index is 12.1. The Hall–Kier alpha value is -2.57. The molecule has 7 heteroatoms. The maximum atomic E-state index is 12.1. The van der Waals surface area contributed by atoms with E-state index in [-0.39, 0.29) is 18.1 Å². The summed E-state index contributed by atoms with van der Waals surface area (Å²) in [6, 6.07) is 13.3. The normalized spacial score (nSPS) is 18.3. The quantitative estimate of drug-likeness (QED) is 0.766. The number of nitrogens with one attached hydrogen (secondary N) is 1. The van der Waals surface area contributed by atoms with E-state index in [1.807, 2.05) is 50.2 Å². The van der Waals surface area contributed by atoms with Gasteiger partial charge in [-0.3, -0.25) is 4.79 Å². The average Bonchev–Trinajstić information content (AvgIpc) is 2.84. The van der Waals surface area contributed by atoms with E-state index in [0.29, 0.717) is 29.4 Å². The zero-order valence-corrected chi connectivity index (χ0v) is 17.3. The van der Waals surface area contributed by atoms with E-state index < -0.39 is 0 Å². The smallest absolute Gasteiger partial charge is 0.307 e. The Morgan fingerprint density at radius 1 is 1.31 bits per heavy atom. The lowest BCUT2D eigenvalue weighted by atomic mass is 10.1. The summed E-state index contributed by atoms with van der Waals surface area (Å²) in [5, 5.41) is 4.02. The molecule has 2 aliphatic heterocycles. The van der Waals surface area contributed by atoms with Crippen LogP contribution in [-0.2, 0) is 9.53 Å². The molecule has 0 saturated carbocycles. The van der Waals surface area contributed by atoms with Crippen molar-refractivity contribution in [1.82, 2.24) is 10.2 Å². The van der Waals surface area contributed by atoms with Gasteiger partial charge in [0.25, 0.3) is 0 Å². The summed E-state index contributed by atoms with van der Waals surface area (Å²) in [5.41, 5.74) is 1.61. The summed E-state index contributed by atoms with van der Waals surface area (Å²) >= 11 is 6.20. The summed E-state index contributed by atoms with van der Waals surface area (Å²) in [6.07, 6.45) is 0.210. The molecule has 4 rings (SSSR count). The third-order valence-corrected chi connectivity index (χ3v) is 5.07. The van der Waals surface area contributed by atoms with E-state index in [4.69, 9.17) is 26.1 Å². The SMILES string of the molecule is CC(C)OC(=O)CC1CN(C2=Nc3cc(Cl)ccc3Oc3ccccc32)CCN1. The van der Waals surface area contributed by atoms with Crippen LogP contribution in [0.4, 0.5) is 5.69 Å². The van der Waals surface area contributed by atoms with Crippen molar-refractivity contribution in [3.8, 4) is 11.5 Å². The van der Waals surface area contributed by atoms with Gasteiger partial charge in [-0.2, -0.15) is 0 Å². The third kappa shape index (κ3) is 4.54. The fraction of sp³-hybridized carbons (Fsp3) is 0.364. The van der Waals surface area contributed by atoms with Gasteiger partial charge in [0.05, 0.1) is 18.1 Å². The number of rotatable bonds is 3. The van der Waals surface area contributed by atoms with E-state index in [1.165, 1.54) is 0 Å². The molecule has 0 amide bonds. The van der Waals surface area contributed by atoms with Crippen molar-refractivity contribution >= 4 is 29.1 Å². The molecular formula is C22H24ClN3O3. The van der Waals surface area contributed by atoms with Crippen LogP contribution >= 0.6 is 11.6 Å². The summed E-state index contributed by atoms with van der Waals surface area (Å²) in [4.78, 5) is 19.2. The van der Waals surface area contributed by atoms with Crippen molar-refractivity contribution in [2.75, 3.05) is 19.6 Å². The number of halogens is 1. The van der Waals surface area contributed by atoms with Gasteiger partial charge in [-0.25, -0.2) is 4.99 Å². The van der Waals surface area contributed by atoms with Crippen LogP contribution in [0.15, 0.2) is 47.5 Å². The van der Waals surface area contributed by atoms with Gasteiger partial charge >= 0.3 is 5.97 Å². The third-order valence-electron chi connectivity index (χ3n) is 4.83. The van der Waals surface area contributed by atoms with Gasteiger partial charge in [0.1, 0.15) is 17.3 Å². The molecule has 29 heavy (non-hydrogen) atoms. The predicted molar refractivity (Wildman–Crippen MR) is 113 cm³/mol. The number of amidine groups is 1. The zero-order valence-electron chi connectivity index (χ0n) is 16.5. The molecule has 1 fully saturated rings. The first-order valence-electron chi connectivity index (χ1n) is 9.83. The number of benzene rings is 2. The monoisotopic (exact) mass is 413 g/mol. The number of nitrogens with zero attached hydrogens (tertiary/aromatic N) is 2. The fourth-order valence-electron chi connectivity index (χ4n) is 3.61. The van der Waals surface area contributed by atoms with Crippen molar-refractivity contribution < 1.29 is 14.3 Å². The minimum atomic E-state index is -0.192. The van der Waals surface area contributed by atoms with Crippen LogP contribution in [0.5, 0.6) is 11.5 Å². The number of piperazine rings is 1. The maximum Gasteiger partial charge on any atom is 0.307 e. The molecule has 2 aliphatic rings. The van der Waals surface area contributed by atoms with Crippen LogP contribution in [-0.4, -0.2) is 48.5 Å². The summed E-state index contributed by atoms with van der Waals surface area (Å²) < 4.78 is 11.4. The first-order valence-corrected chi connectivity index (χ1v) is 10.2. The van der Waals surface area contributed by atoms with Gasteiger partial charge in [-0.1, -0.05) is 23.7 Å². The van der Waals surface area contributed by atoms with Crippen molar-refractivity contribution in [3.63, 3.8) is 0 Å². The molecular weight excluding hydrogens is 390 g/mol. The summed E-state index contributed by atoms with van der Waals surface area (Å²) in [6.45, 7) is 5.90. The number of hydrogen-bond donors (Lipinski definition) is 1. The van der Waals surface area contributed by atoms with E-state index in [0.717, 1.165) is 30.2 Å². The lowest BCUT2D eigenvalue weighted by Crippen LogP contribution is -2.53. The van der Waals surface area contributed by atoms with Crippen molar-refractivity contribution in [3.05, 3.63) is 53.1 Å². The van der Waals surface area contributed by atoms with E-state index in [2.05, 4.69) is 10.2 Å². The van der Waals surface area contributed by atoms with Crippen LogP contribution < -0.4 is 10.1 Å². The largest absolute Gasteiger partial charge is 0.463 e. The van der Waals surface area contributed by atoms with Crippen molar-refractivity contribution in [2.45, 2.75) is 32.4 Å². The molecule has 1 atom stereocenters. The Kier molecular flexibility index (Phi) is 5.74. The Morgan fingerprint density at radius 2 is 2.14 bits per heavy atom. The minimum Gasteiger partial charge on any atom is -0.463 e. The molecule has 0 spiro atoms. The molecule has 0 radical (unpaired) electrons. The number of carbonyl (C=O) groups excluding carboxylic acids is 1. The topological polar surface area (TPSA) is 63.2 Å². The van der Waals surface area contributed by atoms with Crippen LogP contribution in [0.2, 0.25) is 5.02 Å². The number of ether oxygens (including phenoxy) is 2. The number of carbonyl (C=O) groups is 1. The second-order valence-electron chi connectivity index (χ2n) is 7.49. The van der Waals surface area contributed by atoms with E-state index in [9.17, 15) is 4.79 Å². The molecule has 1 unspecified atom stereocenters. The van der Waals surface area contributed by atoms with Crippen LogP contribution in [0.1, 0.15) is 25.8 Å². The highest BCUT2D eigenvalue weighted by atomic mass is 35.5. The predicted octanol–water partition coefficient (Wildman–Crippen LogP) is 4.14. The number of esters is 1. The lowest BCUT2D eigenvalue weighted by molar-refractivity contribution is -0.148. The average molecular weight is 414 g/mol. The van der Waals surface area contributed by atoms with Gasteiger partial charge in [0.15, 0.2) is 5.75 Å². The molecule has 2 aromatic carbocycles. The van der Waals surface area contributed by atoms with E-state index >= 15 is 0 Å². The van der Waals surface area contributed by atoms with Crippen molar-refractivity contribution in [1.29, 1.82) is 0 Å². The molecule has 0 bridgehead atoms. The molecule has 0 aromatic heterocycles. The Balaban J connectivity index is 1.64. The second-order valence-corrected chi connectivity index (χ2v) is 7.92. The fourth-order valence-corrected chi connectivity index (χ4v) is 3.77. The zero-order chi connectivity index (χ0) is 20.4. The lowest BCUT2D eigenvalue weighted by Gasteiger charge is -2.35. The van der Waals surface area contributed by atoms with Gasteiger partial charge in [0.2, 0.25) is 0 Å². The van der Waals surface area contributed by atoms with Gasteiger partial charge < -0.3 is 19.7 Å². The van der Waals surface area contributed by atoms with Crippen LogP contribution in [0.25, 0.3) is 0 Å². The molecule has 0 aliphatic carbocycles. The molecule has 1 N–H and O–H groups in total. The van der Waals surface area contributed by atoms with Gasteiger partial charge in [0, 0.05) is 30.7 Å². The minimum absolute atomic E-state index is 0.00661. The Bertz CT molecular complexity index is 945. The standard InChI is InChI=1S/C22H24ClN3O3/c1-14(2)28-21(27)12-16-13-26(10-9-24-16)22-17-5-3-4-6-19(17)29-20-8-7-15(23)11-18(20)25-22/h3-8,11,14,16,24H,9-10,12-13H2,1-2H3. The van der Waals surface area contributed by atoms with E-state index in [1.54, 1.807) is 6.07 Å². The number of aliphatic imine (C=N–C) groups is 1. The molecule has 152 valence electrons. The molecule has 2 heterocycles. The molecule has 2 aromatic rings. The summed E-state index contributed by atoms with van der Waals surface area (Å²) in [5.74, 6) is 2.05. The second kappa shape index (κ2) is 8.43. The molecule has 1 saturated heterocycles. The first kappa shape index (κ1) is 19.7. The summed E-state index contributed by atoms with van der Waals surface area (Å²) in [7, 11) is 0. The highest BCUT2D eigenvalue weighted by Crippen LogP contribution is 2.39. The highest BCUT2D eigenvalue weighted by molar-refractivity contribution is 6.31. The Labute approximate surface area is 175 Å².